The van der Waals surface area contributed by atoms with E-state index in [2.05, 4.69) is 56.3 Å². The molecule has 25 heavy (non-hydrogen) atoms. The Hall–Kier alpha value is -1.79. The number of aryl methyl sites for hydroxylation is 2. The summed E-state index contributed by atoms with van der Waals surface area (Å²) in [5.74, 6) is 1.24. The molecule has 1 aromatic carbocycles. The highest BCUT2D eigenvalue weighted by Crippen LogP contribution is 2.27. The van der Waals surface area contributed by atoms with Gasteiger partial charge in [-0.2, -0.15) is 0 Å². The summed E-state index contributed by atoms with van der Waals surface area (Å²) in [6.45, 7) is 8.28. The predicted molar refractivity (Wildman–Crippen MR) is 103 cm³/mol. The molecule has 2 aromatic rings. The first-order valence-electron chi connectivity index (χ1n) is 8.52. The van der Waals surface area contributed by atoms with Crippen molar-refractivity contribution in [3.63, 3.8) is 0 Å². The third-order valence-corrected chi connectivity index (χ3v) is 5.64. The van der Waals surface area contributed by atoms with Crippen LogP contribution in [0.1, 0.15) is 27.4 Å². The van der Waals surface area contributed by atoms with Gasteiger partial charge in [0.15, 0.2) is 0 Å². The van der Waals surface area contributed by atoms with Crippen molar-refractivity contribution in [2.45, 2.75) is 20.4 Å². The molecule has 1 fully saturated rings. The molecule has 1 amide bonds. The van der Waals surface area contributed by atoms with Crippen LogP contribution in [0.5, 0.6) is 0 Å². The molecule has 0 bridgehead atoms. The number of likely N-dealkylation sites (N-methyl/N-ethyl adjacent to an activating group) is 1. The normalized spacial score (nSPS) is 15.4. The Morgan fingerprint density at radius 1 is 1.16 bits per heavy atom. The van der Waals surface area contributed by atoms with Crippen molar-refractivity contribution in [3.05, 3.63) is 51.4 Å². The first-order valence-corrected chi connectivity index (χ1v) is 9.31. The third-order valence-electron chi connectivity index (χ3n) is 4.69. The summed E-state index contributed by atoms with van der Waals surface area (Å²) in [6, 6.07) is 8.29. The summed E-state index contributed by atoms with van der Waals surface area (Å²) in [7, 11) is 2.15. The topological polar surface area (TPSA) is 48.7 Å². The largest absolute Gasteiger partial charge is 0.465 e. The highest BCUT2D eigenvalue weighted by molar-refractivity contribution is 9.10. The van der Waals surface area contributed by atoms with E-state index < -0.39 is 0 Å². The first-order chi connectivity index (χ1) is 12.0. The van der Waals surface area contributed by atoms with Gasteiger partial charge in [0.1, 0.15) is 11.5 Å². The van der Waals surface area contributed by atoms with E-state index in [9.17, 15) is 4.79 Å². The summed E-state index contributed by atoms with van der Waals surface area (Å²) < 4.78 is 6.26. The molecule has 0 saturated carbocycles. The van der Waals surface area contributed by atoms with Crippen LogP contribution in [0, 0.1) is 13.8 Å². The van der Waals surface area contributed by atoms with E-state index in [1.54, 1.807) is 0 Å². The van der Waals surface area contributed by atoms with Gasteiger partial charge in [0.2, 0.25) is 0 Å². The highest BCUT2D eigenvalue weighted by Gasteiger charge is 2.21. The zero-order valence-electron chi connectivity index (χ0n) is 14.9. The Morgan fingerprint density at radius 2 is 1.84 bits per heavy atom. The number of hydrogen-bond donors (Lipinski definition) is 1. The van der Waals surface area contributed by atoms with E-state index in [1.165, 1.54) is 5.69 Å². The number of halogens is 1. The molecule has 0 aliphatic carbocycles. The minimum atomic E-state index is -0.116. The van der Waals surface area contributed by atoms with E-state index in [0.717, 1.165) is 42.0 Å². The van der Waals surface area contributed by atoms with E-state index in [0.29, 0.717) is 17.9 Å². The van der Waals surface area contributed by atoms with Gasteiger partial charge in [-0.3, -0.25) is 4.79 Å². The second-order valence-electron chi connectivity index (χ2n) is 6.51. The number of anilines is 1. The lowest BCUT2D eigenvalue weighted by Crippen LogP contribution is -2.45. The van der Waals surface area contributed by atoms with Crippen LogP contribution < -0.4 is 10.2 Å². The molecule has 0 spiro atoms. The highest BCUT2D eigenvalue weighted by atomic mass is 79.9. The fourth-order valence-corrected chi connectivity index (χ4v) is 3.74. The van der Waals surface area contributed by atoms with Gasteiger partial charge in [0.25, 0.3) is 5.91 Å². The molecule has 1 N–H and O–H groups in total. The molecule has 0 unspecified atom stereocenters. The second kappa shape index (κ2) is 7.62. The van der Waals surface area contributed by atoms with Crippen LogP contribution >= 0.6 is 15.9 Å². The van der Waals surface area contributed by atoms with Crippen LogP contribution in [0.2, 0.25) is 0 Å². The van der Waals surface area contributed by atoms with E-state index in [-0.39, 0.29) is 5.91 Å². The maximum atomic E-state index is 12.6. The minimum Gasteiger partial charge on any atom is -0.465 e. The molecule has 0 radical (unpaired) electrons. The van der Waals surface area contributed by atoms with Gasteiger partial charge in [0.05, 0.1) is 10.0 Å². The summed E-state index contributed by atoms with van der Waals surface area (Å²) >= 11 is 3.44. The Labute approximate surface area is 157 Å². The molecule has 3 rings (SSSR count). The Kier molecular flexibility index (Phi) is 5.49. The van der Waals surface area contributed by atoms with E-state index in [4.69, 9.17) is 4.42 Å². The van der Waals surface area contributed by atoms with Gasteiger partial charge < -0.3 is 19.5 Å². The third kappa shape index (κ3) is 3.90. The van der Waals surface area contributed by atoms with Crippen molar-refractivity contribution in [2.75, 3.05) is 38.1 Å². The van der Waals surface area contributed by atoms with Gasteiger partial charge in [-0.1, -0.05) is 18.2 Å². The molecule has 5 nitrogen and oxygen atoms in total. The molecule has 0 atom stereocenters. The first kappa shape index (κ1) is 18.0. The maximum absolute atomic E-state index is 12.6. The molecular formula is C19H24BrN3O2. The van der Waals surface area contributed by atoms with Gasteiger partial charge in [-0.25, -0.2) is 0 Å². The van der Waals surface area contributed by atoms with Gasteiger partial charge in [-0.15, -0.1) is 0 Å². The van der Waals surface area contributed by atoms with Gasteiger partial charge in [-0.05, 0) is 48.5 Å². The van der Waals surface area contributed by atoms with Crippen molar-refractivity contribution < 1.29 is 9.21 Å². The average molecular weight is 406 g/mol. The SMILES string of the molecule is Cc1oc(C)c(C(=O)NCc2ccccc2N2CCN(C)CC2)c1Br. The van der Waals surface area contributed by atoms with Crippen LogP contribution in [0.4, 0.5) is 5.69 Å². The number of para-hydroxylation sites is 1. The summed E-state index contributed by atoms with van der Waals surface area (Å²) in [4.78, 5) is 17.3. The predicted octanol–water partition coefficient (Wildman–Crippen LogP) is 3.34. The van der Waals surface area contributed by atoms with Crippen LogP contribution in [-0.2, 0) is 6.54 Å². The van der Waals surface area contributed by atoms with E-state index >= 15 is 0 Å². The molecule has 2 heterocycles. The molecule has 6 heteroatoms. The number of rotatable bonds is 4. The fourth-order valence-electron chi connectivity index (χ4n) is 3.20. The Morgan fingerprint density at radius 3 is 2.48 bits per heavy atom. The van der Waals surface area contributed by atoms with Gasteiger partial charge >= 0.3 is 0 Å². The quantitative estimate of drug-likeness (QED) is 0.846. The number of nitrogens with one attached hydrogen (secondary N) is 1. The second-order valence-corrected chi connectivity index (χ2v) is 7.30. The lowest BCUT2D eigenvalue weighted by molar-refractivity contribution is 0.0949. The molecule has 1 aliphatic rings. The lowest BCUT2D eigenvalue weighted by Gasteiger charge is -2.35. The number of furan rings is 1. The van der Waals surface area contributed by atoms with E-state index in [1.807, 2.05) is 19.9 Å². The van der Waals surface area contributed by atoms with Crippen molar-refractivity contribution in [1.82, 2.24) is 10.2 Å². The van der Waals surface area contributed by atoms with Crippen molar-refractivity contribution in [3.8, 4) is 0 Å². The molecular weight excluding hydrogens is 382 g/mol. The monoisotopic (exact) mass is 405 g/mol. The summed E-state index contributed by atoms with van der Waals surface area (Å²) in [5, 5.41) is 3.03. The van der Waals surface area contributed by atoms with Crippen LogP contribution in [0.15, 0.2) is 33.2 Å². The lowest BCUT2D eigenvalue weighted by atomic mass is 10.1. The number of carbonyl (C=O) groups excluding carboxylic acids is 1. The number of hydrogen-bond acceptors (Lipinski definition) is 4. The number of nitrogens with zero attached hydrogens (tertiary/aromatic N) is 2. The zero-order valence-corrected chi connectivity index (χ0v) is 16.5. The number of amides is 1. The Balaban J connectivity index is 1.72. The molecule has 134 valence electrons. The number of benzene rings is 1. The molecule has 1 aliphatic heterocycles. The summed E-state index contributed by atoms with van der Waals surface area (Å²) in [6.07, 6.45) is 0. The fraction of sp³-hybridized carbons (Fsp3) is 0.421. The summed E-state index contributed by atoms with van der Waals surface area (Å²) in [5.41, 5.74) is 2.92. The maximum Gasteiger partial charge on any atom is 0.256 e. The average Bonchev–Trinajstić information content (AvgIpc) is 2.86. The molecule has 1 saturated heterocycles. The number of piperazine rings is 1. The van der Waals surface area contributed by atoms with Crippen molar-refractivity contribution >= 4 is 27.5 Å². The van der Waals surface area contributed by atoms with Crippen LogP contribution in [-0.4, -0.2) is 44.0 Å². The van der Waals surface area contributed by atoms with Gasteiger partial charge in [0, 0.05) is 38.4 Å². The van der Waals surface area contributed by atoms with Crippen LogP contribution in [0.25, 0.3) is 0 Å². The Bertz CT molecular complexity index is 764. The zero-order chi connectivity index (χ0) is 18.0. The standard InChI is InChI=1S/C19H24BrN3O2/c1-13-17(18(20)14(2)25-13)19(24)21-12-15-6-4-5-7-16(15)23-10-8-22(3)9-11-23/h4-7H,8-12H2,1-3H3,(H,21,24). The molecule has 1 aromatic heterocycles. The van der Waals surface area contributed by atoms with Crippen molar-refractivity contribution in [2.24, 2.45) is 0 Å². The number of carbonyl (C=O) groups is 1. The smallest absolute Gasteiger partial charge is 0.256 e. The van der Waals surface area contributed by atoms with Crippen LogP contribution in [0.3, 0.4) is 0 Å². The minimum absolute atomic E-state index is 0.116. The van der Waals surface area contributed by atoms with Crippen molar-refractivity contribution in [1.29, 1.82) is 0 Å².